The predicted molar refractivity (Wildman–Crippen MR) is 67.7 cm³/mol. The number of carboxylic acids is 1. The molecule has 5 nitrogen and oxygen atoms in total. The van der Waals surface area contributed by atoms with Crippen LogP contribution in [0.2, 0.25) is 0 Å². The Balaban J connectivity index is 2.25. The van der Waals surface area contributed by atoms with Crippen LogP contribution in [0.4, 0.5) is 14.5 Å². The van der Waals surface area contributed by atoms with Gasteiger partial charge in [0.2, 0.25) is 0 Å². The van der Waals surface area contributed by atoms with E-state index in [0.717, 1.165) is 18.4 Å². The molecule has 1 amide bonds. The van der Waals surface area contributed by atoms with Crippen LogP contribution in [0.15, 0.2) is 33.4 Å². The number of hydrogen-bond acceptors (Lipinski definition) is 3. The molecule has 0 atom stereocenters. The van der Waals surface area contributed by atoms with Crippen molar-refractivity contribution in [1.82, 2.24) is 0 Å². The van der Waals surface area contributed by atoms with Crippen molar-refractivity contribution in [3.63, 3.8) is 0 Å². The number of carboxylic acid groups (broad SMARTS) is 1. The molecule has 0 bridgehead atoms. The second kappa shape index (κ2) is 5.41. The van der Waals surface area contributed by atoms with Gasteiger partial charge in [-0.25, -0.2) is 13.6 Å². The lowest BCUT2D eigenvalue weighted by atomic mass is 10.2. The maximum Gasteiger partial charge on any atom is 0.338 e. The molecule has 8 heteroatoms. The minimum Gasteiger partial charge on any atom is -0.478 e. The van der Waals surface area contributed by atoms with E-state index >= 15 is 0 Å². The highest BCUT2D eigenvalue weighted by atomic mass is 79.9. The van der Waals surface area contributed by atoms with Crippen molar-refractivity contribution >= 4 is 33.5 Å². The molecule has 0 spiro atoms. The molecule has 2 aromatic rings. The quantitative estimate of drug-likeness (QED) is 0.894. The third-order valence-electron chi connectivity index (χ3n) is 2.32. The molecule has 0 aliphatic rings. The lowest BCUT2D eigenvalue weighted by Crippen LogP contribution is -2.13. The summed E-state index contributed by atoms with van der Waals surface area (Å²) >= 11 is 2.91. The normalized spacial score (nSPS) is 10.3. The summed E-state index contributed by atoms with van der Waals surface area (Å²) in [5, 5.41) is 10.8. The summed E-state index contributed by atoms with van der Waals surface area (Å²) in [5.41, 5.74) is -0.488. The molecule has 1 aromatic heterocycles. The highest BCUT2D eigenvalue weighted by molar-refractivity contribution is 9.10. The number of amides is 1. The van der Waals surface area contributed by atoms with Crippen LogP contribution in [-0.2, 0) is 0 Å². The number of anilines is 1. The van der Waals surface area contributed by atoms with Gasteiger partial charge in [-0.05, 0) is 22.0 Å². The number of aromatic carboxylic acids is 1. The van der Waals surface area contributed by atoms with Gasteiger partial charge in [-0.3, -0.25) is 4.79 Å². The molecular weight excluding hydrogens is 340 g/mol. The van der Waals surface area contributed by atoms with Crippen LogP contribution in [0.1, 0.15) is 20.9 Å². The monoisotopic (exact) mass is 345 g/mol. The molecule has 20 heavy (non-hydrogen) atoms. The smallest absolute Gasteiger partial charge is 0.338 e. The van der Waals surface area contributed by atoms with Crippen molar-refractivity contribution in [2.24, 2.45) is 0 Å². The second-order valence-electron chi connectivity index (χ2n) is 3.70. The summed E-state index contributed by atoms with van der Waals surface area (Å²) in [5.74, 6) is -4.21. The van der Waals surface area contributed by atoms with Gasteiger partial charge in [-0.1, -0.05) is 0 Å². The van der Waals surface area contributed by atoms with Crippen LogP contribution in [0, 0.1) is 11.6 Å². The minimum absolute atomic E-state index is 0.00774. The molecule has 0 radical (unpaired) electrons. The summed E-state index contributed by atoms with van der Waals surface area (Å²) in [6.45, 7) is 0. The van der Waals surface area contributed by atoms with E-state index < -0.39 is 23.5 Å². The van der Waals surface area contributed by atoms with E-state index in [-0.39, 0.29) is 21.5 Å². The summed E-state index contributed by atoms with van der Waals surface area (Å²) in [4.78, 5) is 22.4. The second-order valence-corrected chi connectivity index (χ2v) is 4.56. The summed E-state index contributed by atoms with van der Waals surface area (Å²) in [6.07, 6.45) is 0.882. The van der Waals surface area contributed by atoms with Gasteiger partial charge in [0.1, 0.15) is 12.1 Å². The highest BCUT2D eigenvalue weighted by Gasteiger charge is 2.18. The predicted octanol–water partition coefficient (Wildman–Crippen LogP) is 3.27. The van der Waals surface area contributed by atoms with E-state index in [1.165, 1.54) is 0 Å². The van der Waals surface area contributed by atoms with Crippen molar-refractivity contribution < 1.29 is 27.9 Å². The lowest BCUT2D eigenvalue weighted by Gasteiger charge is -2.07. The Labute approximate surface area is 119 Å². The number of carbonyl (C=O) groups is 2. The van der Waals surface area contributed by atoms with Crippen molar-refractivity contribution in [3.8, 4) is 0 Å². The van der Waals surface area contributed by atoms with Gasteiger partial charge in [-0.15, -0.1) is 0 Å². The molecule has 1 heterocycles. The fourth-order valence-electron chi connectivity index (χ4n) is 1.40. The molecule has 104 valence electrons. The van der Waals surface area contributed by atoms with Crippen LogP contribution in [-0.4, -0.2) is 17.0 Å². The van der Waals surface area contributed by atoms with Gasteiger partial charge in [0.25, 0.3) is 5.91 Å². The van der Waals surface area contributed by atoms with Crippen molar-refractivity contribution in [1.29, 1.82) is 0 Å². The van der Waals surface area contributed by atoms with E-state index in [1.54, 1.807) is 0 Å². The topological polar surface area (TPSA) is 79.5 Å². The van der Waals surface area contributed by atoms with E-state index in [9.17, 15) is 18.4 Å². The Morgan fingerprint density at radius 2 is 1.95 bits per heavy atom. The largest absolute Gasteiger partial charge is 0.478 e. The zero-order valence-corrected chi connectivity index (χ0v) is 11.2. The zero-order valence-electron chi connectivity index (χ0n) is 9.62. The molecule has 2 N–H and O–H groups in total. The first-order chi connectivity index (χ1) is 9.38. The Morgan fingerprint density at radius 3 is 2.50 bits per heavy atom. The number of carbonyl (C=O) groups excluding carboxylic acids is 1. The van der Waals surface area contributed by atoms with Gasteiger partial charge in [0.05, 0.1) is 11.3 Å². The Bertz CT molecular complexity index is 676. The summed E-state index contributed by atoms with van der Waals surface area (Å²) in [6, 6.07) is 2.57. The Morgan fingerprint density at radius 1 is 1.25 bits per heavy atom. The maximum absolute atomic E-state index is 13.5. The number of hydrogen-bond donors (Lipinski definition) is 2. The summed E-state index contributed by atoms with van der Waals surface area (Å²) < 4.78 is 31.2. The average molecular weight is 346 g/mol. The molecule has 0 aliphatic heterocycles. The third kappa shape index (κ3) is 2.85. The number of benzene rings is 1. The molecule has 0 saturated carbocycles. The van der Waals surface area contributed by atoms with Gasteiger partial charge in [0.15, 0.2) is 11.6 Å². The van der Waals surface area contributed by atoms with Crippen LogP contribution < -0.4 is 5.32 Å². The van der Waals surface area contributed by atoms with Crippen LogP contribution in [0.3, 0.4) is 0 Å². The molecular formula is C12H6BrF2NO4. The molecule has 0 saturated heterocycles. The van der Waals surface area contributed by atoms with Crippen molar-refractivity contribution in [3.05, 3.63) is 51.9 Å². The fourth-order valence-corrected chi connectivity index (χ4v) is 1.91. The SMILES string of the molecule is O=C(O)c1coc(C(=O)Nc2c(F)cc(F)cc2Br)c1. The van der Waals surface area contributed by atoms with Crippen molar-refractivity contribution in [2.75, 3.05) is 5.32 Å². The standard InChI is InChI=1S/C12H6BrF2NO4/c13-7-2-6(14)3-8(15)10(7)16-11(17)9-1-5(4-20-9)12(18)19/h1-4H,(H,16,17)(H,18,19). The molecule has 0 aliphatic carbocycles. The van der Waals surface area contributed by atoms with Gasteiger partial charge < -0.3 is 14.8 Å². The Hall–Kier alpha value is -2.22. The first kappa shape index (κ1) is 14.2. The lowest BCUT2D eigenvalue weighted by molar-refractivity contribution is 0.0696. The van der Waals surface area contributed by atoms with E-state index in [1.807, 2.05) is 0 Å². The fraction of sp³-hybridized carbons (Fsp3) is 0. The van der Waals surface area contributed by atoms with Crippen LogP contribution >= 0.6 is 15.9 Å². The first-order valence-electron chi connectivity index (χ1n) is 5.16. The molecule has 1 aromatic carbocycles. The molecule has 0 unspecified atom stereocenters. The average Bonchev–Trinajstić information content (AvgIpc) is 2.83. The van der Waals surface area contributed by atoms with E-state index in [4.69, 9.17) is 9.52 Å². The Kier molecular flexibility index (Phi) is 3.84. The zero-order chi connectivity index (χ0) is 14.9. The first-order valence-corrected chi connectivity index (χ1v) is 5.95. The minimum atomic E-state index is -1.26. The van der Waals surface area contributed by atoms with Gasteiger partial charge >= 0.3 is 5.97 Å². The maximum atomic E-state index is 13.5. The number of rotatable bonds is 3. The summed E-state index contributed by atoms with van der Waals surface area (Å²) in [7, 11) is 0. The van der Waals surface area contributed by atoms with Gasteiger partial charge in [-0.2, -0.15) is 0 Å². The molecule has 2 rings (SSSR count). The van der Waals surface area contributed by atoms with E-state index in [2.05, 4.69) is 21.2 Å². The molecule has 0 fully saturated rings. The highest BCUT2D eigenvalue weighted by Crippen LogP contribution is 2.27. The van der Waals surface area contributed by atoms with Crippen LogP contribution in [0.5, 0.6) is 0 Å². The number of nitrogens with one attached hydrogen (secondary N) is 1. The van der Waals surface area contributed by atoms with E-state index in [0.29, 0.717) is 6.07 Å². The number of halogens is 3. The van der Waals surface area contributed by atoms with Crippen molar-refractivity contribution in [2.45, 2.75) is 0 Å². The van der Waals surface area contributed by atoms with Crippen LogP contribution in [0.25, 0.3) is 0 Å². The third-order valence-corrected chi connectivity index (χ3v) is 2.94. The number of furan rings is 1. The van der Waals surface area contributed by atoms with Gasteiger partial charge in [0, 0.05) is 16.6 Å².